The van der Waals surface area contributed by atoms with Crippen LogP contribution in [0.2, 0.25) is 0 Å². The molecule has 0 unspecified atom stereocenters. The van der Waals surface area contributed by atoms with E-state index in [0.29, 0.717) is 12.3 Å². The molecule has 3 aromatic heterocycles. The summed E-state index contributed by atoms with van der Waals surface area (Å²) in [4.78, 5) is 57.0. The number of aromatic nitrogens is 7. The van der Waals surface area contributed by atoms with Crippen molar-refractivity contribution in [2.45, 2.75) is 13.1 Å². The first-order valence-corrected chi connectivity index (χ1v) is 12.3. The normalized spacial score (nSPS) is 9.86. The highest BCUT2D eigenvalue weighted by molar-refractivity contribution is 5.96. The number of isocyanates is 1. The number of aliphatic imine (C=N–C) groups is 1. The molecule has 0 aliphatic carbocycles. The Morgan fingerprint density at radius 1 is 1.02 bits per heavy atom. The van der Waals surface area contributed by atoms with Gasteiger partial charge in [-0.1, -0.05) is 29.5 Å². The van der Waals surface area contributed by atoms with Crippen LogP contribution in [0.15, 0.2) is 76.1 Å². The van der Waals surface area contributed by atoms with Gasteiger partial charge < -0.3 is 25.9 Å². The molecule has 18 heteroatoms. The fraction of sp³-hybridized carbons (Fsp3) is 0.154. The average molecular weight is 603 g/mol. The smallest absolute Gasteiger partial charge is 0.353 e. The minimum absolute atomic E-state index is 0.0208. The van der Waals surface area contributed by atoms with Crippen molar-refractivity contribution in [2.75, 3.05) is 14.2 Å². The second kappa shape index (κ2) is 15.5. The second-order valence-corrected chi connectivity index (χ2v) is 8.37. The monoisotopic (exact) mass is 602 g/mol. The van der Waals surface area contributed by atoms with E-state index < -0.39 is 17.5 Å². The molecule has 0 saturated heterocycles. The Labute approximate surface area is 247 Å². The SMILES string of the molecule is COc1cccc(CN=C=O)c1.COc1cccc(Cn2nnc3c(C(N)=O)ncn3c2=O)c1.N=Nc1nc[nH]c1C(N)=O. The lowest BCUT2D eigenvalue weighted by molar-refractivity contribution is 0.0988. The molecule has 18 nitrogen and oxygen atoms in total. The number of fused-ring (bicyclic) bond motifs is 1. The van der Waals surface area contributed by atoms with Crippen LogP contribution < -0.4 is 26.6 Å². The molecular formula is C26H26N12O6. The fourth-order valence-electron chi connectivity index (χ4n) is 3.50. The summed E-state index contributed by atoms with van der Waals surface area (Å²) in [5, 5.41) is 10.6. The van der Waals surface area contributed by atoms with Crippen molar-refractivity contribution in [3.63, 3.8) is 0 Å². The first kappa shape index (κ1) is 32.0. The zero-order valence-electron chi connectivity index (χ0n) is 23.4. The van der Waals surface area contributed by atoms with Gasteiger partial charge in [0.15, 0.2) is 17.0 Å². The quantitative estimate of drug-likeness (QED) is 0.106. The van der Waals surface area contributed by atoms with Crippen LogP contribution in [0.3, 0.4) is 0 Å². The lowest BCUT2D eigenvalue weighted by Gasteiger charge is -2.06. The van der Waals surface area contributed by atoms with Crippen molar-refractivity contribution in [3.8, 4) is 11.5 Å². The van der Waals surface area contributed by atoms with Crippen LogP contribution in [0, 0.1) is 5.53 Å². The molecule has 44 heavy (non-hydrogen) atoms. The zero-order chi connectivity index (χ0) is 32.1. The standard InChI is InChI=1S/C13H12N6O3.C9H9NO2.C4H5N5O/c1-22-9-4-2-3-8(5-9)6-19-13(21)18-7-15-10(11(14)20)12(18)16-17-19;1-12-9-4-2-3-8(5-9)6-10-7-11;5-3(10)2-4(9-6)8-1-7-2/h2-5,7H,6H2,1H3,(H2,14,20);2-5H,6H2,1H3;1,6H,(H2,5,10)(H,7,8). The van der Waals surface area contributed by atoms with Crippen molar-refractivity contribution in [3.05, 3.63) is 94.2 Å². The Morgan fingerprint density at radius 2 is 1.68 bits per heavy atom. The predicted octanol–water partition coefficient (Wildman–Crippen LogP) is 1.14. The molecule has 226 valence electrons. The van der Waals surface area contributed by atoms with Crippen molar-refractivity contribution in [1.82, 2.24) is 34.3 Å². The van der Waals surface area contributed by atoms with Gasteiger partial charge in [-0.25, -0.2) is 34.5 Å². The lowest BCUT2D eigenvalue weighted by atomic mass is 10.2. The summed E-state index contributed by atoms with van der Waals surface area (Å²) in [6.07, 6.45) is 3.95. The van der Waals surface area contributed by atoms with Crippen LogP contribution in [-0.2, 0) is 17.9 Å². The van der Waals surface area contributed by atoms with Gasteiger partial charge in [0.2, 0.25) is 11.9 Å². The maximum absolute atomic E-state index is 12.3. The number of methoxy groups -OCH3 is 2. The van der Waals surface area contributed by atoms with E-state index in [1.54, 1.807) is 26.4 Å². The minimum atomic E-state index is -0.762. The Bertz CT molecular complexity index is 1870. The number of H-pyrrole nitrogens is 1. The molecule has 5 aromatic rings. The Balaban J connectivity index is 0.000000202. The number of nitrogens with two attached hydrogens (primary N) is 2. The largest absolute Gasteiger partial charge is 0.497 e. The first-order valence-electron chi connectivity index (χ1n) is 12.3. The van der Waals surface area contributed by atoms with Crippen LogP contribution in [0.5, 0.6) is 11.5 Å². The van der Waals surface area contributed by atoms with E-state index in [1.807, 2.05) is 36.4 Å². The van der Waals surface area contributed by atoms with Gasteiger partial charge in [-0.2, -0.15) is 4.68 Å². The molecule has 2 amide bonds. The summed E-state index contributed by atoms with van der Waals surface area (Å²) in [6.45, 7) is 0.573. The summed E-state index contributed by atoms with van der Waals surface area (Å²) >= 11 is 0. The zero-order valence-corrected chi connectivity index (χ0v) is 23.4. The number of imidazole rings is 2. The van der Waals surface area contributed by atoms with Gasteiger partial charge in [0, 0.05) is 0 Å². The van der Waals surface area contributed by atoms with E-state index >= 15 is 0 Å². The van der Waals surface area contributed by atoms with Gasteiger partial charge in [-0.3, -0.25) is 9.59 Å². The maximum Gasteiger partial charge on any atom is 0.353 e. The molecule has 0 spiro atoms. The third-order valence-corrected chi connectivity index (χ3v) is 5.55. The number of hydrogen-bond donors (Lipinski definition) is 4. The van der Waals surface area contributed by atoms with Crippen LogP contribution in [0.1, 0.15) is 32.1 Å². The third kappa shape index (κ3) is 8.24. The lowest BCUT2D eigenvalue weighted by Crippen LogP contribution is -2.30. The molecule has 0 aliphatic heterocycles. The fourth-order valence-corrected chi connectivity index (χ4v) is 3.50. The van der Waals surface area contributed by atoms with E-state index in [2.05, 4.69) is 35.4 Å². The maximum atomic E-state index is 12.3. The van der Waals surface area contributed by atoms with E-state index in [1.165, 1.54) is 18.7 Å². The number of ether oxygens (including phenoxy) is 2. The van der Waals surface area contributed by atoms with Gasteiger partial charge in [0.05, 0.1) is 33.6 Å². The molecule has 0 fully saturated rings. The van der Waals surface area contributed by atoms with Crippen LogP contribution in [0.25, 0.3) is 5.65 Å². The number of primary amides is 2. The molecule has 0 saturated carbocycles. The van der Waals surface area contributed by atoms with Gasteiger partial charge in [0.25, 0.3) is 11.8 Å². The highest BCUT2D eigenvalue weighted by Crippen LogP contribution is 2.14. The van der Waals surface area contributed by atoms with Crippen molar-refractivity contribution in [1.29, 1.82) is 5.53 Å². The number of nitrogens with one attached hydrogen (secondary N) is 2. The Hall–Kier alpha value is -6.55. The highest BCUT2D eigenvalue weighted by Gasteiger charge is 2.15. The number of hydrogen-bond acceptors (Lipinski definition) is 13. The topological polar surface area (TPSA) is 264 Å². The van der Waals surface area contributed by atoms with Gasteiger partial charge >= 0.3 is 5.69 Å². The van der Waals surface area contributed by atoms with Crippen molar-refractivity contribution >= 4 is 29.4 Å². The van der Waals surface area contributed by atoms with Gasteiger partial charge in [-0.15, -0.1) is 10.2 Å². The van der Waals surface area contributed by atoms with Crippen LogP contribution in [0.4, 0.5) is 5.82 Å². The van der Waals surface area contributed by atoms with E-state index in [9.17, 15) is 19.2 Å². The minimum Gasteiger partial charge on any atom is -0.497 e. The Morgan fingerprint density at radius 3 is 2.25 bits per heavy atom. The Kier molecular flexibility index (Phi) is 11.2. The van der Waals surface area contributed by atoms with Crippen LogP contribution in [-0.4, -0.2) is 66.5 Å². The molecule has 0 atom stereocenters. The molecule has 0 radical (unpaired) electrons. The number of rotatable bonds is 9. The summed E-state index contributed by atoms with van der Waals surface area (Å²) in [5.41, 5.74) is 17.9. The summed E-state index contributed by atoms with van der Waals surface area (Å²) in [6, 6.07) is 14.7. The predicted molar refractivity (Wildman–Crippen MR) is 152 cm³/mol. The second-order valence-electron chi connectivity index (χ2n) is 8.37. The molecule has 6 N–H and O–H groups in total. The summed E-state index contributed by atoms with van der Waals surface area (Å²) in [5.74, 6) is 0.0459. The highest BCUT2D eigenvalue weighted by atomic mass is 16.5. The summed E-state index contributed by atoms with van der Waals surface area (Å²) in [7, 11) is 3.16. The van der Waals surface area contributed by atoms with E-state index in [4.69, 9.17) is 26.5 Å². The van der Waals surface area contributed by atoms with Crippen molar-refractivity contribution in [2.24, 2.45) is 21.6 Å². The molecule has 5 rings (SSSR count). The first-order chi connectivity index (χ1) is 21.2. The number of carbonyl (C=O) groups is 2. The average Bonchev–Trinajstić information content (AvgIpc) is 3.70. The van der Waals surface area contributed by atoms with Gasteiger partial charge in [0.1, 0.15) is 17.8 Å². The van der Waals surface area contributed by atoms with Crippen LogP contribution >= 0.6 is 0 Å². The molecule has 3 heterocycles. The molecule has 2 aromatic carbocycles. The van der Waals surface area contributed by atoms with Crippen molar-refractivity contribution < 1.29 is 23.9 Å². The number of carbonyl (C=O) groups excluding carboxylic acids is 3. The van der Waals surface area contributed by atoms with E-state index in [0.717, 1.165) is 26.0 Å². The molecule has 0 aliphatic rings. The number of amides is 2. The number of aromatic amines is 1. The third-order valence-electron chi connectivity index (χ3n) is 5.55. The number of benzene rings is 2. The molecule has 0 bridgehead atoms. The molecular weight excluding hydrogens is 576 g/mol. The summed E-state index contributed by atoms with van der Waals surface area (Å²) < 4.78 is 12.4. The van der Waals surface area contributed by atoms with E-state index in [-0.39, 0.29) is 29.4 Å². The number of nitrogens with zero attached hydrogens (tertiary/aromatic N) is 8. The van der Waals surface area contributed by atoms with Gasteiger partial charge in [-0.05, 0) is 35.4 Å².